The van der Waals surface area contributed by atoms with Crippen molar-refractivity contribution >= 4 is 11.9 Å². The maximum Gasteiger partial charge on any atom is 0.328 e. The molecule has 1 aromatic heterocycles. The van der Waals surface area contributed by atoms with E-state index in [1.54, 1.807) is 11.1 Å². The van der Waals surface area contributed by atoms with E-state index in [-0.39, 0.29) is 18.3 Å². The number of carbonyl (C=O) groups is 2. The van der Waals surface area contributed by atoms with Crippen LogP contribution in [0, 0.1) is 0 Å². The van der Waals surface area contributed by atoms with Gasteiger partial charge in [0, 0.05) is 24.9 Å². The Labute approximate surface area is 146 Å². The second-order valence-corrected chi connectivity index (χ2v) is 6.11. The Bertz CT molecular complexity index is 726. The van der Waals surface area contributed by atoms with Crippen LogP contribution in [0.3, 0.4) is 0 Å². The lowest BCUT2D eigenvalue weighted by atomic mass is 10.0. The molecule has 1 aromatic carbocycles. The molecule has 1 saturated heterocycles. The summed E-state index contributed by atoms with van der Waals surface area (Å²) in [6.45, 7) is 0.597. The molecule has 1 aliphatic rings. The monoisotopic (exact) mass is 342 g/mol. The molecular weight excluding hydrogens is 320 g/mol. The summed E-state index contributed by atoms with van der Waals surface area (Å²) in [5.41, 5.74) is 0.953. The molecule has 6 nitrogen and oxygen atoms in total. The fraction of sp³-hybridized carbons (Fsp3) is 0.421. The molecule has 0 bridgehead atoms. The van der Waals surface area contributed by atoms with Crippen LogP contribution in [0.25, 0.3) is 11.3 Å². The van der Waals surface area contributed by atoms with E-state index in [2.05, 4.69) is 4.98 Å². The van der Waals surface area contributed by atoms with Crippen molar-refractivity contribution in [3.63, 3.8) is 0 Å². The molecule has 25 heavy (non-hydrogen) atoms. The largest absolute Gasteiger partial charge is 0.467 e. The van der Waals surface area contributed by atoms with Crippen LogP contribution in [0.4, 0.5) is 0 Å². The first-order valence-electron chi connectivity index (χ1n) is 8.56. The van der Waals surface area contributed by atoms with Gasteiger partial charge in [-0.25, -0.2) is 9.78 Å². The fourth-order valence-electron chi connectivity index (χ4n) is 3.13. The number of piperidine rings is 1. The van der Waals surface area contributed by atoms with Crippen LogP contribution >= 0.6 is 0 Å². The predicted molar refractivity (Wildman–Crippen MR) is 91.6 cm³/mol. The first kappa shape index (κ1) is 17.2. The van der Waals surface area contributed by atoms with Crippen molar-refractivity contribution in [1.82, 2.24) is 9.88 Å². The number of benzene rings is 1. The third-order valence-corrected chi connectivity index (χ3v) is 4.46. The number of methoxy groups -OCH3 is 1. The number of hydrogen-bond acceptors (Lipinski definition) is 5. The Hall–Kier alpha value is -2.63. The smallest absolute Gasteiger partial charge is 0.328 e. The highest BCUT2D eigenvalue weighted by Crippen LogP contribution is 2.22. The van der Waals surface area contributed by atoms with Gasteiger partial charge in [-0.2, -0.15) is 0 Å². The standard InChI is InChI=1S/C19H22N2O4/c1-24-19(23)15-9-5-6-12-21(15)18(22)11-10-17-20-13-16(25-17)14-7-3-2-4-8-14/h2-4,7-8,13,15H,5-6,9-12H2,1H3. The number of nitrogens with zero attached hydrogens (tertiary/aromatic N) is 2. The molecular formula is C19H22N2O4. The number of oxazole rings is 1. The Morgan fingerprint density at radius 2 is 2.08 bits per heavy atom. The van der Waals surface area contributed by atoms with Gasteiger partial charge >= 0.3 is 5.97 Å². The topological polar surface area (TPSA) is 72.6 Å². The molecule has 0 N–H and O–H groups in total. The maximum absolute atomic E-state index is 12.5. The summed E-state index contributed by atoms with van der Waals surface area (Å²) < 4.78 is 10.6. The normalized spacial score (nSPS) is 17.3. The maximum atomic E-state index is 12.5. The van der Waals surface area contributed by atoms with Crippen molar-refractivity contribution in [2.24, 2.45) is 0 Å². The number of esters is 1. The Kier molecular flexibility index (Phi) is 5.48. The summed E-state index contributed by atoms with van der Waals surface area (Å²) >= 11 is 0. The zero-order valence-electron chi connectivity index (χ0n) is 14.3. The molecule has 1 fully saturated rings. The highest BCUT2D eigenvalue weighted by molar-refractivity contribution is 5.84. The SMILES string of the molecule is COC(=O)C1CCCCN1C(=O)CCc1ncc(-c2ccccc2)o1. The van der Waals surface area contributed by atoms with Crippen molar-refractivity contribution in [3.8, 4) is 11.3 Å². The molecule has 132 valence electrons. The number of amides is 1. The summed E-state index contributed by atoms with van der Waals surface area (Å²) in [6.07, 6.45) is 4.86. The van der Waals surface area contributed by atoms with Gasteiger partial charge in [0.15, 0.2) is 11.7 Å². The average molecular weight is 342 g/mol. The van der Waals surface area contributed by atoms with Crippen LogP contribution in [0.1, 0.15) is 31.6 Å². The molecule has 0 radical (unpaired) electrons. The lowest BCUT2D eigenvalue weighted by Gasteiger charge is -2.33. The molecule has 2 heterocycles. The third kappa shape index (κ3) is 4.07. The van der Waals surface area contributed by atoms with E-state index in [1.165, 1.54) is 7.11 Å². The number of carbonyl (C=O) groups excluding carboxylic acids is 2. The zero-order valence-corrected chi connectivity index (χ0v) is 14.3. The van der Waals surface area contributed by atoms with E-state index >= 15 is 0 Å². The quantitative estimate of drug-likeness (QED) is 0.781. The van der Waals surface area contributed by atoms with Gasteiger partial charge in [-0.15, -0.1) is 0 Å². The van der Waals surface area contributed by atoms with Crippen LogP contribution in [0.5, 0.6) is 0 Å². The number of ether oxygens (including phenoxy) is 1. The second-order valence-electron chi connectivity index (χ2n) is 6.11. The molecule has 0 aliphatic carbocycles. The van der Waals surface area contributed by atoms with Gasteiger partial charge in [0.05, 0.1) is 13.3 Å². The molecule has 1 atom stereocenters. The van der Waals surface area contributed by atoms with E-state index in [4.69, 9.17) is 9.15 Å². The van der Waals surface area contributed by atoms with Crippen LogP contribution in [0.15, 0.2) is 40.9 Å². The molecule has 6 heteroatoms. The minimum atomic E-state index is -0.462. The van der Waals surface area contributed by atoms with E-state index in [0.29, 0.717) is 31.0 Å². The zero-order chi connectivity index (χ0) is 17.6. The molecule has 0 saturated carbocycles. The first-order valence-corrected chi connectivity index (χ1v) is 8.56. The predicted octanol–water partition coefficient (Wildman–Crippen LogP) is 2.83. The number of aryl methyl sites for hydroxylation is 1. The van der Waals surface area contributed by atoms with Crippen LogP contribution < -0.4 is 0 Å². The minimum Gasteiger partial charge on any atom is -0.467 e. The molecule has 0 spiro atoms. The number of aromatic nitrogens is 1. The van der Waals surface area contributed by atoms with Gasteiger partial charge in [-0.05, 0) is 19.3 Å². The highest BCUT2D eigenvalue weighted by Gasteiger charge is 2.32. The van der Waals surface area contributed by atoms with Gasteiger partial charge in [-0.1, -0.05) is 30.3 Å². The van der Waals surface area contributed by atoms with Gasteiger partial charge in [-0.3, -0.25) is 4.79 Å². The Morgan fingerprint density at radius 1 is 1.28 bits per heavy atom. The van der Waals surface area contributed by atoms with Gasteiger partial charge in [0.2, 0.25) is 5.91 Å². The van der Waals surface area contributed by atoms with Crippen LogP contribution in [0.2, 0.25) is 0 Å². The van der Waals surface area contributed by atoms with Crippen molar-refractivity contribution in [2.45, 2.75) is 38.1 Å². The fourth-order valence-corrected chi connectivity index (χ4v) is 3.13. The van der Waals surface area contributed by atoms with Crippen LogP contribution in [-0.4, -0.2) is 41.5 Å². The number of likely N-dealkylation sites (tertiary alicyclic amines) is 1. The van der Waals surface area contributed by atoms with Crippen molar-refractivity contribution in [3.05, 3.63) is 42.4 Å². The summed E-state index contributed by atoms with van der Waals surface area (Å²) in [6, 6.07) is 9.24. The third-order valence-electron chi connectivity index (χ3n) is 4.46. The van der Waals surface area contributed by atoms with Crippen molar-refractivity contribution in [1.29, 1.82) is 0 Å². The number of hydrogen-bond donors (Lipinski definition) is 0. The van der Waals surface area contributed by atoms with Crippen LogP contribution in [-0.2, 0) is 20.7 Å². The van der Waals surface area contributed by atoms with Gasteiger partial charge < -0.3 is 14.1 Å². The lowest BCUT2D eigenvalue weighted by molar-refractivity contribution is -0.154. The lowest BCUT2D eigenvalue weighted by Crippen LogP contribution is -2.48. The second kappa shape index (κ2) is 7.96. The summed E-state index contributed by atoms with van der Waals surface area (Å²) in [7, 11) is 1.36. The molecule has 1 unspecified atom stereocenters. The molecule has 2 aromatic rings. The first-order chi connectivity index (χ1) is 12.2. The molecule has 3 rings (SSSR count). The van der Waals surface area contributed by atoms with E-state index in [9.17, 15) is 9.59 Å². The van der Waals surface area contributed by atoms with E-state index < -0.39 is 6.04 Å². The van der Waals surface area contributed by atoms with E-state index in [1.807, 2.05) is 30.3 Å². The van der Waals surface area contributed by atoms with E-state index in [0.717, 1.165) is 18.4 Å². The van der Waals surface area contributed by atoms with Gasteiger partial charge in [0.25, 0.3) is 0 Å². The molecule has 1 aliphatic heterocycles. The Balaban J connectivity index is 1.60. The average Bonchev–Trinajstić information content (AvgIpc) is 3.15. The summed E-state index contributed by atoms with van der Waals surface area (Å²) in [5.74, 6) is 0.817. The highest BCUT2D eigenvalue weighted by atomic mass is 16.5. The van der Waals surface area contributed by atoms with Crippen molar-refractivity contribution < 1.29 is 18.7 Å². The summed E-state index contributed by atoms with van der Waals surface area (Å²) in [4.78, 5) is 30.3. The van der Waals surface area contributed by atoms with Crippen molar-refractivity contribution in [2.75, 3.05) is 13.7 Å². The Morgan fingerprint density at radius 3 is 2.84 bits per heavy atom. The number of rotatable bonds is 5. The summed E-state index contributed by atoms with van der Waals surface area (Å²) in [5, 5.41) is 0. The minimum absolute atomic E-state index is 0.0606. The van der Waals surface area contributed by atoms with Gasteiger partial charge in [0.1, 0.15) is 6.04 Å². The molecule has 1 amide bonds.